The Kier molecular flexibility index (Phi) is 4.80. The molecule has 1 amide bonds. The maximum absolute atomic E-state index is 12.2. The van der Waals surface area contributed by atoms with Crippen molar-refractivity contribution >= 4 is 22.7 Å². The number of aromatic nitrogens is 4. The zero-order chi connectivity index (χ0) is 20.5. The molecule has 2 heterocycles. The van der Waals surface area contributed by atoms with Gasteiger partial charge in [-0.1, -0.05) is 23.8 Å². The third-order valence-electron chi connectivity index (χ3n) is 4.98. The van der Waals surface area contributed by atoms with Crippen molar-refractivity contribution in [3.63, 3.8) is 0 Å². The van der Waals surface area contributed by atoms with Crippen LogP contribution in [0.2, 0.25) is 0 Å². The van der Waals surface area contributed by atoms with Crippen LogP contribution in [0.25, 0.3) is 22.2 Å². The maximum Gasteiger partial charge on any atom is 0.412 e. The molecular formula is C22H23N5O2. The minimum atomic E-state index is -0.512. The number of ether oxygens (including phenoxy) is 1. The average molecular weight is 389 g/mol. The third-order valence-corrected chi connectivity index (χ3v) is 4.98. The van der Waals surface area contributed by atoms with Gasteiger partial charge in [-0.25, -0.2) is 4.79 Å². The van der Waals surface area contributed by atoms with Gasteiger partial charge in [0.25, 0.3) is 0 Å². The van der Waals surface area contributed by atoms with E-state index in [1.54, 1.807) is 15.6 Å². The second kappa shape index (κ2) is 7.43. The van der Waals surface area contributed by atoms with Crippen LogP contribution in [0.5, 0.6) is 0 Å². The highest BCUT2D eigenvalue weighted by Gasteiger charge is 2.12. The molecule has 0 saturated carbocycles. The zero-order valence-corrected chi connectivity index (χ0v) is 16.9. The van der Waals surface area contributed by atoms with Gasteiger partial charge in [-0.05, 0) is 43.7 Å². The van der Waals surface area contributed by atoms with Gasteiger partial charge in [0.2, 0.25) is 0 Å². The number of nitrogens with zero attached hydrogens (tertiary/aromatic N) is 4. The van der Waals surface area contributed by atoms with Gasteiger partial charge >= 0.3 is 6.09 Å². The average Bonchev–Trinajstić information content (AvgIpc) is 3.22. The molecule has 0 fully saturated rings. The Labute approximate surface area is 168 Å². The summed E-state index contributed by atoms with van der Waals surface area (Å²) in [5.41, 5.74) is 6.80. The first-order valence-corrected chi connectivity index (χ1v) is 9.37. The predicted molar refractivity (Wildman–Crippen MR) is 113 cm³/mol. The van der Waals surface area contributed by atoms with Crippen molar-refractivity contribution in [2.75, 3.05) is 5.32 Å². The van der Waals surface area contributed by atoms with Crippen molar-refractivity contribution in [3.05, 3.63) is 65.5 Å². The van der Waals surface area contributed by atoms with Crippen molar-refractivity contribution in [1.29, 1.82) is 0 Å². The summed E-state index contributed by atoms with van der Waals surface area (Å²) in [4.78, 5) is 12.2. The number of hydrogen-bond acceptors (Lipinski definition) is 4. The molecule has 0 unspecified atom stereocenters. The second-order valence-electron chi connectivity index (χ2n) is 7.21. The van der Waals surface area contributed by atoms with Gasteiger partial charge in [0.05, 0.1) is 23.1 Å². The zero-order valence-electron chi connectivity index (χ0n) is 16.9. The summed E-state index contributed by atoms with van der Waals surface area (Å²) in [5, 5.41) is 12.5. The highest BCUT2D eigenvalue weighted by atomic mass is 16.5. The van der Waals surface area contributed by atoms with Crippen LogP contribution in [0.3, 0.4) is 0 Å². The van der Waals surface area contributed by atoms with E-state index in [-0.39, 0.29) is 6.61 Å². The Hall–Kier alpha value is -3.61. The van der Waals surface area contributed by atoms with E-state index < -0.39 is 6.09 Å². The smallest absolute Gasteiger partial charge is 0.412 e. The molecule has 7 nitrogen and oxygen atoms in total. The van der Waals surface area contributed by atoms with Crippen LogP contribution in [0, 0.1) is 13.8 Å². The lowest BCUT2D eigenvalue weighted by Gasteiger charge is -2.07. The van der Waals surface area contributed by atoms with Crippen LogP contribution in [0.15, 0.2) is 48.7 Å². The van der Waals surface area contributed by atoms with E-state index in [0.29, 0.717) is 5.69 Å². The summed E-state index contributed by atoms with van der Waals surface area (Å²) >= 11 is 0. The predicted octanol–water partition coefficient (Wildman–Crippen LogP) is 4.34. The molecule has 0 radical (unpaired) electrons. The van der Waals surface area contributed by atoms with E-state index in [1.165, 1.54) is 11.1 Å². The highest BCUT2D eigenvalue weighted by Crippen LogP contribution is 2.24. The summed E-state index contributed by atoms with van der Waals surface area (Å²) in [6.45, 7) is 4.27. The van der Waals surface area contributed by atoms with Crippen molar-refractivity contribution in [1.82, 2.24) is 19.6 Å². The number of amides is 1. The largest absolute Gasteiger partial charge is 0.443 e. The van der Waals surface area contributed by atoms with Gasteiger partial charge in [0, 0.05) is 30.7 Å². The quantitative estimate of drug-likeness (QED) is 0.563. The molecule has 0 saturated heterocycles. The molecule has 29 heavy (non-hydrogen) atoms. The third kappa shape index (κ3) is 3.85. The minimum absolute atomic E-state index is 0.134. The van der Waals surface area contributed by atoms with Gasteiger partial charge in [0.15, 0.2) is 0 Å². The number of carbonyl (C=O) groups is 1. The molecule has 0 aliphatic heterocycles. The van der Waals surface area contributed by atoms with Crippen molar-refractivity contribution in [3.8, 4) is 11.3 Å². The molecule has 2 aromatic heterocycles. The molecule has 148 valence electrons. The number of fused-ring (bicyclic) bond motifs is 1. The molecule has 0 aliphatic rings. The van der Waals surface area contributed by atoms with Crippen LogP contribution in [-0.2, 0) is 25.4 Å². The normalized spacial score (nSPS) is 11.0. The van der Waals surface area contributed by atoms with Gasteiger partial charge in [-0.3, -0.25) is 14.7 Å². The number of nitrogens with one attached hydrogen (secondary N) is 1. The van der Waals surface area contributed by atoms with Gasteiger partial charge < -0.3 is 4.74 Å². The van der Waals surface area contributed by atoms with Gasteiger partial charge in [0.1, 0.15) is 6.61 Å². The Morgan fingerprint density at radius 3 is 2.69 bits per heavy atom. The fourth-order valence-electron chi connectivity index (χ4n) is 3.41. The molecule has 7 heteroatoms. The monoisotopic (exact) mass is 389 g/mol. The van der Waals surface area contributed by atoms with Crippen molar-refractivity contribution in [2.45, 2.75) is 20.5 Å². The molecule has 0 aliphatic carbocycles. The molecule has 2 aromatic carbocycles. The number of anilines is 1. The first-order valence-electron chi connectivity index (χ1n) is 9.37. The lowest BCUT2D eigenvalue weighted by atomic mass is 10.0. The topological polar surface area (TPSA) is 74.0 Å². The van der Waals surface area contributed by atoms with Crippen LogP contribution in [-0.4, -0.2) is 25.7 Å². The van der Waals surface area contributed by atoms with E-state index in [0.717, 1.165) is 27.9 Å². The molecule has 4 aromatic rings. The second-order valence-corrected chi connectivity index (χ2v) is 7.21. The van der Waals surface area contributed by atoms with Crippen molar-refractivity contribution < 1.29 is 9.53 Å². The van der Waals surface area contributed by atoms with E-state index in [4.69, 9.17) is 4.74 Å². The lowest BCUT2D eigenvalue weighted by Crippen LogP contribution is -2.14. The molecule has 0 bridgehead atoms. The summed E-state index contributed by atoms with van der Waals surface area (Å²) in [6, 6.07) is 13.8. The van der Waals surface area contributed by atoms with E-state index in [2.05, 4.69) is 47.6 Å². The summed E-state index contributed by atoms with van der Waals surface area (Å²) in [5.74, 6) is 0. The summed E-state index contributed by atoms with van der Waals surface area (Å²) < 4.78 is 8.92. The number of hydrogen-bond donors (Lipinski definition) is 1. The fourth-order valence-corrected chi connectivity index (χ4v) is 3.41. The molecule has 0 atom stereocenters. The minimum Gasteiger partial charge on any atom is -0.443 e. The SMILES string of the molecule is Cc1ccc(-c2cc(COC(=O)Nc3ccc4c(cnn4C)c3)n(C)n2)c(C)c1. The number of aryl methyl sites for hydroxylation is 4. The van der Waals surface area contributed by atoms with E-state index in [1.807, 2.05) is 38.4 Å². The van der Waals surface area contributed by atoms with E-state index in [9.17, 15) is 4.79 Å². The van der Waals surface area contributed by atoms with Gasteiger partial charge in [-0.2, -0.15) is 10.2 Å². The summed E-state index contributed by atoms with van der Waals surface area (Å²) in [7, 11) is 3.73. The van der Waals surface area contributed by atoms with Crippen LogP contribution in [0.1, 0.15) is 16.8 Å². The standard InChI is InChI=1S/C22H23N5O2/c1-14-5-7-19(15(2)9-14)20-11-18(26(3)25-20)13-29-22(28)24-17-6-8-21-16(10-17)12-23-27(21)4/h5-12H,13H2,1-4H3,(H,24,28). The Balaban J connectivity index is 1.43. The first kappa shape index (κ1) is 18.7. The van der Waals surface area contributed by atoms with Crippen LogP contribution < -0.4 is 5.32 Å². The Bertz CT molecular complexity index is 1210. The van der Waals surface area contributed by atoms with Gasteiger partial charge in [-0.15, -0.1) is 0 Å². The molecular weight excluding hydrogens is 366 g/mol. The first-order chi connectivity index (χ1) is 13.9. The number of rotatable bonds is 4. The highest BCUT2D eigenvalue weighted by molar-refractivity contribution is 5.89. The summed E-state index contributed by atoms with van der Waals surface area (Å²) in [6.07, 6.45) is 1.25. The molecule has 4 rings (SSSR count). The van der Waals surface area contributed by atoms with Crippen LogP contribution >= 0.6 is 0 Å². The number of benzene rings is 2. The van der Waals surface area contributed by atoms with Crippen LogP contribution in [0.4, 0.5) is 10.5 Å². The Morgan fingerprint density at radius 1 is 1.07 bits per heavy atom. The Morgan fingerprint density at radius 2 is 1.90 bits per heavy atom. The maximum atomic E-state index is 12.2. The fraction of sp³-hybridized carbons (Fsp3) is 0.227. The lowest BCUT2D eigenvalue weighted by molar-refractivity contribution is 0.152. The van der Waals surface area contributed by atoms with Crippen molar-refractivity contribution in [2.24, 2.45) is 14.1 Å². The number of carbonyl (C=O) groups excluding carboxylic acids is 1. The molecule has 0 spiro atoms. The molecule has 1 N–H and O–H groups in total. The van der Waals surface area contributed by atoms with E-state index >= 15 is 0 Å².